The van der Waals surface area contributed by atoms with Crippen LogP contribution in [0.5, 0.6) is 0 Å². The maximum Gasteiger partial charge on any atom is 0.306 e. The lowest BCUT2D eigenvalue weighted by molar-refractivity contribution is -0.151. The maximum absolute atomic E-state index is 13.9. The van der Waals surface area contributed by atoms with Crippen LogP contribution >= 0.6 is 0 Å². The lowest BCUT2D eigenvalue weighted by Crippen LogP contribution is -2.30. The second kappa shape index (κ2) is 19.9. The van der Waals surface area contributed by atoms with Gasteiger partial charge in [-0.1, -0.05) is 36.4 Å². The Morgan fingerprint density at radius 3 is 1.30 bits per heavy atom. The van der Waals surface area contributed by atoms with E-state index in [0.29, 0.717) is 59.3 Å². The van der Waals surface area contributed by atoms with E-state index in [9.17, 15) is 39.1 Å². The molecule has 56 heavy (non-hydrogen) atoms. The summed E-state index contributed by atoms with van der Waals surface area (Å²) in [6, 6.07) is 24.5. The van der Waals surface area contributed by atoms with Crippen LogP contribution in [-0.4, -0.2) is 73.2 Å². The number of rotatable bonds is 19. The van der Waals surface area contributed by atoms with Crippen molar-refractivity contribution in [2.45, 2.75) is 62.9 Å². The molecule has 0 aliphatic rings. The average molecular weight is 767 g/mol. The number of carbonyl (C=O) groups excluding carboxylic acids is 2. The topological polar surface area (TPSA) is 147 Å². The molecule has 0 unspecified atom stereocenters. The first-order chi connectivity index (χ1) is 26.7. The van der Waals surface area contributed by atoms with Crippen LogP contribution in [0.25, 0.3) is 0 Å². The fraction of sp³-hybridized carbons (Fsp3) is 0.364. The van der Waals surface area contributed by atoms with Crippen LogP contribution in [0.15, 0.2) is 84.9 Å². The molecule has 0 bridgehead atoms. The van der Waals surface area contributed by atoms with Gasteiger partial charge in [0.15, 0.2) is 0 Å². The zero-order valence-corrected chi connectivity index (χ0v) is 32.2. The Balaban J connectivity index is 1.48. The highest BCUT2D eigenvalue weighted by atomic mass is 19.1. The average Bonchev–Trinajstić information content (AvgIpc) is 3.18. The third-order valence-corrected chi connectivity index (χ3v) is 9.60. The van der Waals surface area contributed by atoms with Crippen molar-refractivity contribution in [3.63, 3.8) is 0 Å². The Hall–Kier alpha value is -5.50. The van der Waals surface area contributed by atoms with Crippen molar-refractivity contribution < 1.29 is 38.1 Å². The predicted molar refractivity (Wildman–Crippen MR) is 206 cm³/mol. The molecule has 0 aliphatic heterocycles. The molecule has 0 spiro atoms. The van der Waals surface area contributed by atoms with Crippen LogP contribution in [0.2, 0.25) is 0 Å². The molecule has 0 saturated carbocycles. The zero-order valence-electron chi connectivity index (χ0n) is 32.2. The Labute approximate surface area is 327 Å². The fourth-order valence-electron chi connectivity index (χ4n) is 6.66. The number of nitrogens with zero attached hydrogens (tertiary/aromatic N) is 4. The molecular weight excluding hydrogens is 719 g/mol. The second-order valence-electron chi connectivity index (χ2n) is 14.3. The van der Waals surface area contributed by atoms with E-state index in [2.05, 4.69) is 12.1 Å². The highest BCUT2D eigenvalue weighted by Crippen LogP contribution is 2.39. The van der Waals surface area contributed by atoms with E-state index >= 15 is 0 Å². The molecule has 0 amide bonds. The molecule has 0 radical (unpaired) electrons. The van der Waals surface area contributed by atoms with Gasteiger partial charge >= 0.3 is 11.9 Å². The van der Waals surface area contributed by atoms with Gasteiger partial charge in [0.25, 0.3) is 0 Å². The van der Waals surface area contributed by atoms with Crippen LogP contribution in [-0.2, 0) is 43.5 Å². The molecule has 12 heteroatoms. The number of aliphatic hydroxyl groups is 2. The minimum atomic E-state index is -1.60. The van der Waals surface area contributed by atoms with Crippen molar-refractivity contribution in [1.29, 1.82) is 10.5 Å². The van der Waals surface area contributed by atoms with Crippen molar-refractivity contribution in [2.75, 3.05) is 41.3 Å². The molecule has 0 saturated heterocycles. The summed E-state index contributed by atoms with van der Waals surface area (Å²) in [5.74, 6) is -2.39. The number of nitriles is 2. The third-order valence-electron chi connectivity index (χ3n) is 9.60. The third kappa shape index (κ3) is 11.5. The summed E-state index contributed by atoms with van der Waals surface area (Å²) in [5, 5.41) is 43.6. The second-order valence-corrected chi connectivity index (χ2v) is 14.3. The molecule has 294 valence electrons. The molecule has 0 aliphatic carbocycles. The van der Waals surface area contributed by atoms with Gasteiger partial charge in [0.1, 0.15) is 36.1 Å². The largest absolute Gasteiger partial charge is 0.461 e. The van der Waals surface area contributed by atoms with Crippen molar-refractivity contribution in [3.8, 4) is 12.1 Å². The first kappa shape index (κ1) is 43.2. The van der Waals surface area contributed by atoms with Crippen LogP contribution in [0, 0.1) is 34.3 Å². The molecule has 0 aromatic heterocycles. The molecule has 2 N–H and O–H groups in total. The van der Waals surface area contributed by atoms with Crippen molar-refractivity contribution >= 4 is 11.9 Å². The van der Waals surface area contributed by atoms with E-state index in [0.717, 1.165) is 0 Å². The number of carbonyl (C=O) groups is 2. The van der Waals surface area contributed by atoms with Gasteiger partial charge in [-0.15, -0.1) is 0 Å². The Bertz CT molecular complexity index is 1900. The Morgan fingerprint density at radius 1 is 0.625 bits per heavy atom. The monoisotopic (exact) mass is 766 g/mol. The Morgan fingerprint density at radius 2 is 0.982 bits per heavy atom. The van der Waals surface area contributed by atoms with Gasteiger partial charge in [-0.3, -0.25) is 9.59 Å². The molecule has 4 aromatic rings. The molecule has 10 nitrogen and oxygen atoms in total. The van der Waals surface area contributed by atoms with Crippen LogP contribution in [0.4, 0.5) is 8.78 Å². The molecule has 4 rings (SSSR count). The number of halogens is 2. The number of ether oxygens (including phenoxy) is 2. The fourth-order valence-corrected chi connectivity index (χ4v) is 6.66. The molecule has 2 atom stereocenters. The summed E-state index contributed by atoms with van der Waals surface area (Å²) in [7, 11) is 7.64. The summed E-state index contributed by atoms with van der Waals surface area (Å²) >= 11 is 0. The van der Waals surface area contributed by atoms with Crippen molar-refractivity contribution in [2.24, 2.45) is 0 Å². The van der Waals surface area contributed by atoms with Gasteiger partial charge < -0.3 is 29.5 Å². The van der Waals surface area contributed by atoms with Gasteiger partial charge in [0.05, 0.1) is 36.1 Å². The van der Waals surface area contributed by atoms with Crippen LogP contribution in [0.1, 0.15) is 83.0 Å². The minimum Gasteiger partial charge on any atom is -0.461 e. The van der Waals surface area contributed by atoms with Gasteiger partial charge in [0.2, 0.25) is 0 Å². The van der Waals surface area contributed by atoms with E-state index in [1.54, 1.807) is 24.3 Å². The lowest BCUT2D eigenvalue weighted by atomic mass is 9.80. The van der Waals surface area contributed by atoms with Gasteiger partial charge in [-0.25, -0.2) is 8.78 Å². The summed E-state index contributed by atoms with van der Waals surface area (Å²) in [5.41, 5.74) is -0.221. The highest BCUT2D eigenvalue weighted by Gasteiger charge is 2.35. The summed E-state index contributed by atoms with van der Waals surface area (Å²) in [4.78, 5) is 29.9. The molecule has 4 aromatic carbocycles. The molecular formula is C44H48F2N4O6. The number of hydrogen-bond acceptors (Lipinski definition) is 10. The van der Waals surface area contributed by atoms with E-state index in [1.807, 2.05) is 38.0 Å². The number of esters is 2. The highest BCUT2D eigenvalue weighted by molar-refractivity contribution is 5.77. The van der Waals surface area contributed by atoms with Crippen molar-refractivity contribution in [1.82, 2.24) is 9.80 Å². The predicted octanol–water partition coefficient (Wildman–Crippen LogP) is 6.43. The van der Waals surface area contributed by atoms with Gasteiger partial charge in [0, 0.05) is 0 Å². The van der Waals surface area contributed by atoms with E-state index in [4.69, 9.17) is 9.47 Å². The zero-order chi connectivity index (χ0) is 40.9. The standard InChI is InChI=1S/C44H48F2N4O6/c1-49(2)23-5-21-43(53,35-9-13-37(45)14-10-35)39-17-7-31(27-47)25-33(39)29-55-41(51)19-20-42(52)56-30-34-26-32(28-48)8-18-40(34)44(54,22-6-24-50(3)4)36-11-15-38(46)16-12-36/h7-18,25-26,53-54H,5-6,19-24,29-30H2,1-4H3/t43-,44-/m1/s1. The smallest absolute Gasteiger partial charge is 0.306 e. The summed E-state index contributed by atoms with van der Waals surface area (Å²) < 4.78 is 38.8. The number of hydrogen-bond donors (Lipinski definition) is 2. The van der Waals surface area contributed by atoms with Gasteiger partial charge in [-0.05, 0) is 149 Å². The number of benzene rings is 4. The van der Waals surface area contributed by atoms with E-state index in [1.165, 1.54) is 60.7 Å². The van der Waals surface area contributed by atoms with Crippen LogP contribution in [0.3, 0.4) is 0 Å². The summed E-state index contributed by atoms with van der Waals surface area (Å²) in [6.07, 6.45) is 0.982. The minimum absolute atomic E-state index is 0.256. The quantitative estimate of drug-likeness (QED) is 0.102. The van der Waals surface area contributed by atoms with E-state index in [-0.39, 0.29) is 50.0 Å². The van der Waals surface area contributed by atoms with E-state index < -0.39 is 34.8 Å². The Kier molecular flexibility index (Phi) is 15.4. The normalized spacial score (nSPS) is 13.4. The van der Waals surface area contributed by atoms with Crippen molar-refractivity contribution in [3.05, 3.63) is 141 Å². The molecule has 0 heterocycles. The lowest BCUT2D eigenvalue weighted by Gasteiger charge is -2.32. The summed E-state index contributed by atoms with van der Waals surface area (Å²) in [6.45, 7) is 0.709. The first-order valence-corrected chi connectivity index (χ1v) is 18.3. The first-order valence-electron chi connectivity index (χ1n) is 18.3. The van der Waals surface area contributed by atoms with Gasteiger partial charge in [-0.2, -0.15) is 10.5 Å². The maximum atomic E-state index is 13.9. The molecule has 0 fully saturated rings. The SMILES string of the molecule is CN(C)CCC[C@@](O)(c1ccc(F)cc1)c1ccc(C#N)cc1COC(=O)CCC(=O)OCc1cc(C#N)ccc1[C@@](O)(CCCN(C)C)c1ccc(F)cc1. The van der Waals surface area contributed by atoms with Crippen LogP contribution < -0.4 is 0 Å².